The maximum Gasteiger partial charge on any atom is 0.107 e. The number of nitrogens with zero attached hydrogens (tertiary/aromatic N) is 1. The quantitative estimate of drug-likeness (QED) is 0.799. The van der Waals surface area contributed by atoms with Crippen LogP contribution in [0.25, 0.3) is 0 Å². The monoisotopic (exact) mass is 208 g/mol. The van der Waals surface area contributed by atoms with Crippen molar-refractivity contribution in [2.75, 3.05) is 24.7 Å². The van der Waals surface area contributed by atoms with Gasteiger partial charge in [0, 0.05) is 31.4 Å². The molecule has 0 fully saturated rings. The highest BCUT2D eigenvalue weighted by molar-refractivity contribution is 5.54. The van der Waals surface area contributed by atoms with E-state index in [0.29, 0.717) is 12.6 Å². The van der Waals surface area contributed by atoms with Gasteiger partial charge in [-0.1, -0.05) is 18.2 Å². The minimum atomic E-state index is -0.291. The Balaban J connectivity index is 2.28. The average Bonchev–Trinajstić information content (AvgIpc) is 2.40. The summed E-state index contributed by atoms with van der Waals surface area (Å²) in [4.78, 5) is 2.12. The van der Waals surface area contributed by atoms with E-state index in [2.05, 4.69) is 29.3 Å². The molecule has 0 bridgehead atoms. The van der Waals surface area contributed by atoms with Crippen LogP contribution in [0.1, 0.15) is 12.5 Å². The SMILES string of the molecule is CC1CN(CCF)c2ccccc2CN1. The Kier molecular flexibility index (Phi) is 3.21. The first-order valence-corrected chi connectivity index (χ1v) is 5.43. The molecule has 1 aromatic rings. The lowest BCUT2D eigenvalue weighted by Gasteiger charge is -2.25. The number of para-hydroxylation sites is 1. The van der Waals surface area contributed by atoms with Crippen LogP contribution in [0.2, 0.25) is 0 Å². The van der Waals surface area contributed by atoms with Crippen LogP contribution in [0.4, 0.5) is 10.1 Å². The lowest BCUT2D eigenvalue weighted by Crippen LogP contribution is -2.37. The summed E-state index contributed by atoms with van der Waals surface area (Å²) < 4.78 is 12.5. The zero-order chi connectivity index (χ0) is 10.7. The van der Waals surface area contributed by atoms with Gasteiger partial charge in [-0.05, 0) is 18.6 Å². The topological polar surface area (TPSA) is 15.3 Å². The van der Waals surface area contributed by atoms with Crippen molar-refractivity contribution in [3.8, 4) is 0 Å². The van der Waals surface area contributed by atoms with Gasteiger partial charge in [0.05, 0.1) is 0 Å². The maximum atomic E-state index is 12.5. The fourth-order valence-corrected chi connectivity index (χ4v) is 2.06. The van der Waals surface area contributed by atoms with E-state index in [-0.39, 0.29) is 6.67 Å². The van der Waals surface area contributed by atoms with E-state index in [1.165, 1.54) is 11.3 Å². The molecule has 0 saturated carbocycles. The molecule has 1 atom stereocenters. The third-order valence-electron chi connectivity index (χ3n) is 2.82. The summed E-state index contributed by atoms with van der Waals surface area (Å²) in [6.07, 6.45) is 0. The van der Waals surface area contributed by atoms with E-state index >= 15 is 0 Å². The number of nitrogens with one attached hydrogen (secondary N) is 1. The van der Waals surface area contributed by atoms with Crippen molar-refractivity contribution in [2.24, 2.45) is 0 Å². The van der Waals surface area contributed by atoms with Crippen molar-refractivity contribution in [2.45, 2.75) is 19.5 Å². The summed E-state index contributed by atoms with van der Waals surface area (Å²) >= 11 is 0. The van der Waals surface area contributed by atoms with Gasteiger partial charge in [0.2, 0.25) is 0 Å². The Morgan fingerprint density at radius 1 is 1.47 bits per heavy atom. The molecular weight excluding hydrogens is 191 g/mol. The van der Waals surface area contributed by atoms with Crippen molar-refractivity contribution >= 4 is 5.69 Å². The number of rotatable bonds is 2. The summed E-state index contributed by atoms with van der Waals surface area (Å²) in [5, 5.41) is 3.42. The predicted molar refractivity (Wildman–Crippen MR) is 60.9 cm³/mol. The molecule has 3 heteroatoms. The number of alkyl halides is 1. The second-order valence-electron chi connectivity index (χ2n) is 4.05. The Bertz CT molecular complexity index is 327. The molecule has 1 aliphatic rings. The molecule has 0 aromatic heterocycles. The molecule has 0 aliphatic carbocycles. The molecule has 82 valence electrons. The fraction of sp³-hybridized carbons (Fsp3) is 0.500. The van der Waals surface area contributed by atoms with Crippen LogP contribution in [-0.4, -0.2) is 25.8 Å². The highest BCUT2D eigenvalue weighted by Crippen LogP contribution is 2.22. The maximum absolute atomic E-state index is 12.5. The van der Waals surface area contributed by atoms with Crippen LogP contribution in [0, 0.1) is 0 Å². The van der Waals surface area contributed by atoms with Gasteiger partial charge >= 0.3 is 0 Å². The molecule has 15 heavy (non-hydrogen) atoms. The highest BCUT2D eigenvalue weighted by atomic mass is 19.1. The van der Waals surface area contributed by atoms with Crippen LogP contribution in [0.3, 0.4) is 0 Å². The number of hydrogen-bond acceptors (Lipinski definition) is 2. The van der Waals surface area contributed by atoms with Crippen molar-refractivity contribution < 1.29 is 4.39 Å². The van der Waals surface area contributed by atoms with Crippen LogP contribution < -0.4 is 10.2 Å². The molecular formula is C12H17FN2. The molecule has 1 unspecified atom stereocenters. The highest BCUT2D eigenvalue weighted by Gasteiger charge is 2.17. The normalized spacial score (nSPS) is 20.9. The van der Waals surface area contributed by atoms with E-state index in [0.717, 1.165) is 13.1 Å². The Morgan fingerprint density at radius 2 is 2.27 bits per heavy atom. The van der Waals surface area contributed by atoms with Gasteiger partial charge in [-0.25, -0.2) is 4.39 Å². The average molecular weight is 208 g/mol. The minimum Gasteiger partial charge on any atom is -0.367 e. The second kappa shape index (κ2) is 4.62. The van der Waals surface area contributed by atoms with E-state index < -0.39 is 0 Å². The van der Waals surface area contributed by atoms with Crippen molar-refractivity contribution in [3.05, 3.63) is 29.8 Å². The van der Waals surface area contributed by atoms with E-state index in [1.54, 1.807) is 0 Å². The molecule has 0 amide bonds. The molecule has 0 spiro atoms. The Hall–Kier alpha value is -1.09. The van der Waals surface area contributed by atoms with Crippen LogP contribution in [0.15, 0.2) is 24.3 Å². The summed E-state index contributed by atoms with van der Waals surface area (Å²) in [7, 11) is 0. The Labute approximate surface area is 90.1 Å². The molecule has 2 nitrogen and oxygen atoms in total. The van der Waals surface area contributed by atoms with Gasteiger partial charge in [-0.15, -0.1) is 0 Å². The molecule has 1 aromatic carbocycles. The first-order valence-electron chi connectivity index (χ1n) is 5.43. The van der Waals surface area contributed by atoms with Crippen LogP contribution in [0.5, 0.6) is 0 Å². The van der Waals surface area contributed by atoms with E-state index in [4.69, 9.17) is 0 Å². The van der Waals surface area contributed by atoms with E-state index in [1.807, 2.05) is 12.1 Å². The molecule has 0 radical (unpaired) electrons. The first-order chi connectivity index (χ1) is 7.31. The van der Waals surface area contributed by atoms with Crippen molar-refractivity contribution in [3.63, 3.8) is 0 Å². The number of benzene rings is 1. The molecule has 1 heterocycles. The van der Waals surface area contributed by atoms with Gasteiger partial charge in [-0.2, -0.15) is 0 Å². The van der Waals surface area contributed by atoms with Crippen LogP contribution in [-0.2, 0) is 6.54 Å². The summed E-state index contributed by atoms with van der Waals surface area (Å²) in [6.45, 7) is 4.09. The summed E-state index contributed by atoms with van der Waals surface area (Å²) in [6, 6.07) is 8.63. The van der Waals surface area contributed by atoms with Gasteiger partial charge in [0.25, 0.3) is 0 Å². The number of fused-ring (bicyclic) bond motifs is 1. The smallest absolute Gasteiger partial charge is 0.107 e. The Morgan fingerprint density at radius 3 is 3.07 bits per heavy atom. The van der Waals surface area contributed by atoms with Gasteiger partial charge in [-0.3, -0.25) is 0 Å². The minimum absolute atomic E-state index is 0.291. The summed E-state index contributed by atoms with van der Waals surface area (Å²) in [5.74, 6) is 0. The standard InChI is InChI=1S/C12H17FN2/c1-10-9-15(7-6-13)12-5-3-2-4-11(12)8-14-10/h2-5,10,14H,6-9H2,1H3. The lowest BCUT2D eigenvalue weighted by molar-refractivity contribution is 0.477. The third kappa shape index (κ3) is 2.29. The third-order valence-corrected chi connectivity index (χ3v) is 2.82. The van der Waals surface area contributed by atoms with Gasteiger partial charge in [0.1, 0.15) is 6.67 Å². The van der Waals surface area contributed by atoms with Crippen molar-refractivity contribution in [1.82, 2.24) is 5.32 Å². The molecule has 1 N–H and O–H groups in total. The molecule has 0 saturated heterocycles. The van der Waals surface area contributed by atoms with E-state index in [9.17, 15) is 4.39 Å². The number of hydrogen-bond donors (Lipinski definition) is 1. The largest absolute Gasteiger partial charge is 0.367 e. The molecule has 2 rings (SSSR count). The fourth-order valence-electron chi connectivity index (χ4n) is 2.06. The zero-order valence-electron chi connectivity index (χ0n) is 9.04. The van der Waals surface area contributed by atoms with Gasteiger partial charge in [0.15, 0.2) is 0 Å². The number of halogens is 1. The van der Waals surface area contributed by atoms with Gasteiger partial charge < -0.3 is 10.2 Å². The lowest BCUT2D eigenvalue weighted by atomic mass is 10.1. The molecule has 1 aliphatic heterocycles. The second-order valence-corrected chi connectivity index (χ2v) is 4.05. The summed E-state index contributed by atoms with van der Waals surface area (Å²) in [5.41, 5.74) is 2.43. The first kappa shape index (κ1) is 10.4. The van der Waals surface area contributed by atoms with Crippen molar-refractivity contribution in [1.29, 1.82) is 0 Å². The van der Waals surface area contributed by atoms with Crippen LogP contribution >= 0.6 is 0 Å². The number of anilines is 1. The predicted octanol–water partition coefficient (Wildman–Crippen LogP) is 1.95. The zero-order valence-corrected chi connectivity index (χ0v) is 9.04.